The second-order valence-corrected chi connectivity index (χ2v) is 5.07. The lowest BCUT2D eigenvalue weighted by Gasteiger charge is -2.10. The van der Waals surface area contributed by atoms with Crippen molar-refractivity contribution in [1.29, 1.82) is 0 Å². The number of hydrogen-bond donors (Lipinski definition) is 2. The number of rotatable bonds is 7. The first-order chi connectivity index (χ1) is 9.81. The third-order valence-corrected chi connectivity index (χ3v) is 3.18. The molecule has 1 aromatic carbocycles. The summed E-state index contributed by atoms with van der Waals surface area (Å²) < 4.78 is 5.39. The topological polar surface area (TPSA) is 45.7 Å². The number of nitrogens with zero attached hydrogens (tertiary/aromatic N) is 1. The highest BCUT2D eigenvalue weighted by atomic mass is 127. The maximum atomic E-state index is 5.39. The van der Waals surface area contributed by atoms with Crippen LogP contribution in [0.2, 0.25) is 0 Å². The third kappa shape index (κ3) is 7.13. The van der Waals surface area contributed by atoms with Crippen LogP contribution in [-0.2, 0) is 17.9 Å². The standard InChI is InChI=1S/C16H25N3O.HI/c1-3-17-16(19-15-9-10-15)18-11-13-5-7-14(8-6-13)12-20-4-2;/h5-8,15H,3-4,9-12H2,1-2H3,(H2,17,18,19);1H. The van der Waals surface area contributed by atoms with Crippen LogP contribution in [-0.4, -0.2) is 25.2 Å². The highest BCUT2D eigenvalue weighted by Gasteiger charge is 2.21. The Morgan fingerprint density at radius 1 is 1.19 bits per heavy atom. The zero-order valence-electron chi connectivity index (χ0n) is 12.9. The van der Waals surface area contributed by atoms with E-state index in [0.29, 0.717) is 19.2 Å². The predicted molar refractivity (Wildman–Crippen MR) is 98.2 cm³/mol. The molecule has 0 heterocycles. The van der Waals surface area contributed by atoms with Crippen LogP contribution in [0.15, 0.2) is 29.3 Å². The summed E-state index contributed by atoms with van der Waals surface area (Å²) in [7, 11) is 0. The first-order valence-corrected chi connectivity index (χ1v) is 7.52. The third-order valence-electron chi connectivity index (χ3n) is 3.18. The highest BCUT2D eigenvalue weighted by Crippen LogP contribution is 2.18. The van der Waals surface area contributed by atoms with Gasteiger partial charge >= 0.3 is 0 Å². The van der Waals surface area contributed by atoms with Gasteiger partial charge in [0.05, 0.1) is 13.2 Å². The predicted octanol–water partition coefficient (Wildman–Crippen LogP) is 3.06. The van der Waals surface area contributed by atoms with Gasteiger partial charge in [0.1, 0.15) is 0 Å². The molecule has 2 N–H and O–H groups in total. The van der Waals surface area contributed by atoms with E-state index >= 15 is 0 Å². The van der Waals surface area contributed by atoms with Gasteiger partial charge in [-0.2, -0.15) is 0 Å². The highest BCUT2D eigenvalue weighted by molar-refractivity contribution is 14.0. The van der Waals surface area contributed by atoms with E-state index in [2.05, 4.69) is 46.8 Å². The molecule has 1 aliphatic carbocycles. The molecule has 2 rings (SSSR count). The van der Waals surface area contributed by atoms with E-state index in [1.807, 2.05) is 6.92 Å². The van der Waals surface area contributed by atoms with Crippen molar-refractivity contribution >= 4 is 29.9 Å². The van der Waals surface area contributed by atoms with Crippen LogP contribution < -0.4 is 10.6 Å². The summed E-state index contributed by atoms with van der Waals surface area (Å²) in [5.41, 5.74) is 2.43. The Balaban J connectivity index is 0.00000220. The summed E-state index contributed by atoms with van der Waals surface area (Å²) in [6.07, 6.45) is 2.52. The average molecular weight is 403 g/mol. The molecular formula is C16H26IN3O. The summed E-state index contributed by atoms with van der Waals surface area (Å²) in [6, 6.07) is 9.10. The van der Waals surface area contributed by atoms with Gasteiger partial charge in [-0.15, -0.1) is 24.0 Å². The Labute approximate surface area is 144 Å². The molecule has 21 heavy (non-hydrogen) atoms. The van der Waals surface area contributed by atoms with Crippen LogP contribution in [0.1, 0.15) is 37.8 Å². The monoisotopic (exact) mass is 403 g/mol. The number of halogens is 1. The van der Waals surface area contributed by atoms with Crippen molar-refractivity contribution < 1.29 is 4.74 Å². The Morgan fingerprint density at radius 3 is 2.43 bits per heavy atom. The summed E-state index contributed by atoms with van der Waals surface area (Å²) in [5, 5.41) is 6.70. The minimum Gasteiger partial charge on any atom is -0.377 e. The fraction of sp³-hybridized carbons (Fsp3) is 0.562. The van der Waals surface area contributed by atoms with Crippen molar-refractivity contribution in [1.82, 2.24) is 10.6 Å². The van der Waals surface area contributed by atoms with E-state index in [-0.39, 0.29) is 24.0 Å². The molecule has 4 nitrogen and oxygen atoms in total. The molecule has 0 bridgehead atoms. The van der Waals surface area contributed by atoms with Crippen LogP contribution >= 0.6 is 24.0 Å². The SMILES string of the molecule is CCNC(=NCc1ccc(COCC)cc1)NC1CC1.I. The van der Waals surface area contributed by atoms with Crippen LogP contribution in [0.5, 0.6) is 0 Å². The number of benzene rings is 1. The van der Waals surface area contributed by atoms with E-state index in [9.17, 15) is 0 Å². The quantitative estimate of drug-likeness (QED) is 0.418. The largest absolute Gasteiger partial charge is 0.377 e. The molecule has 0 atom stereocenters. The van der Waals surface area contributed by atoms with Crippen molar-refractivity contribution in [2.75, 3.05) is 13.2 Å². The molecule has 118 valence electrons. The second-order valence-electron chi connectivity index (χ2n) is 5.07. The average Bonchev–Trinajstić information content (AvgIpc) is 3.28. The van der Waals surface area contributed by atoms with Gasteiger partial charge < -0.3 is 15.4 Å². The maximum absolute atomic E-state index is 5.39. The van der Waals surface area contributed by atoms with Crippen molar-refractivity contribution in [3.8, 4) is 0 Å². The van der Waals surface area contributed by atoms with Gasteiger partial charge in [-0.25, -0.2) is 4.99 Å². The van der Waals surface area contributed by atoms with E-state index < -0.39 is 0 Å². The molecule has 1 aromatic rings. The summed E-state index contributed by atoms with van der Waals surface area (Å²) in [4.78, 5) is 4.62. The van der Waals surface area contributed by atoms with Crippen molar-refractivity contribution in [2.24, 2.45) is 4.99 Å². The van der Waals surface area contributed by atoms with Crippen molar-refractivity contribution in [2.45, 2.75) is 45.9 Å². The minimum absolute atomic E-state index is 0. The van der Waals surface area contributed by atoms with E-state index in [4.69, 9.17) is 4.74 Å². The number of guanidine groups is 1. The Morgan fingerprint density at radius 2 is 1.86 bits per heavy atom. The first kappa shape index (κ1) is 18.2. The van der Waals surface area contributed by atoms with E-state index in [1.54, 1.807) is 0 Å². The van der Waals surface area contributed by atoms with Crippen LogP contribution in [0.4, 0.5) is 0 Å². The van der Waals surface area contributed by atoms with Gasteiger partial charge in [0.25, 0.3) is 0 Å². The van der Waals surface area contributed by atoms with Gasteiger partial charge in [-0.05, 0) is 37.8 Å². The van der Waals surface area contributed by atoms with Gasteiger partial charge in [-0.3, -0.25) is 0 Å². The Kier molecular flexibility index (Phi) is 8.68. The lowest BCUT2D eigenvalue weighted by Crippen LogP contribution is -2.38. The molecule has 0 spiro atoms. The molecule has 0 aromatic heterocycles. The molecular weight excluding hydrogens is 377 g/mol. The first-order valence-electron chi connectivity index (χ1n) is 7.52. The van der Waals surface area contributed by atoms with Crippen molar-refractivity contribution in [3.63, 3.8) is 0 Å². The molecule has 1 fully saturated rings. The zero-order chi connectivity index (χ0) is 14.2. The number of hydrogen-bond acceptors (Lipinski definition) is 2. The van der Waals surface area contributed by atoms with Crippen LogP contribution in [0.3, 0.4) is 0 Å². The fourth-order valence-corrected chi connectivity index (χ4v) is 1.87. The molecule has 0 aliphatic heterocycles. The van der Waals surface area contributed by atoms with Gasteiger partial charge in [0.2, 0.25) is 0 Å². The van der Waals surface area contributed by atoms with Crippen LogP contribution in [0.25, 0.3) is 0 Å². The lowest BCUT2D eigenvalue weighted by atomic mass is 10.1. The second kappa shape index (κ2) is 10.00. The number of ether oxygens (including phenoxy) is 1. The van der Waals surface area contributed by atoms with E-state index in [1.165, 1.54) is 24.0 Å². The zero-order valence-corrected chi connectivity index (χ0v) is 15.2. The summed E-state index contributed by atoms with van der Waals surface area (Å²) >= 11 is 0. The molecule has 0 unspecified atom stereocenters. The smallest absolute Gasteiger partial charge is 0.191 e. The normalized spacial score (nSPS) is 14.5. The number of aliphatic imine (C=N–C) groups is 1. The Bertz CT molecular complexity index is 430. The Hall–Kier alpha value is -0.820. The summed E-state index contributed by atoms with van der Waals surface area (Å²) in [5.74, 6) is 0.924. The minimum atomic E-state index is 0. The van der Waals surface area contributed by atoms with Gasteiger partial charge in [0, 0.05) is 19.2 Å². The van der Waals surface area contributed by atoms with Crippen molar-refractivity contribution in [3.05, 3.63) is 35.4 Å². The van der Waals surface area contributed by atoms with Gasteiger partial charge in [-0.1, -0.05) is 24.3 Å². The molecule has 0 saturated heterocycles. The molecule has 0 radical (unpaired) electrons. The van der Waals surface area contributed by atoms with Gasteiger partial charge in [0.15, 0.2) is 5.96 Å². The fourth-order valence-electron chi connectivity index (χ4n) is 1.87. The summed E-state index contributed by atoms with van der Waals surface area (Å²) in [6.45, 7) is 7.14. The molecule has 5 heteroatoms. The maximum Gasteiger partial charge on any atom is 0.191 e. The van der Waals surface area contributed by atoms with E-state index in [0.717, 1.165) is 19.1 Å². The van der Waals surface area contributed by atoms with Crippen LogP contribution in [0, 0.1) is 0 Å². The molecule has 1 aliphatic rings. The molecule has 0 amide bonds. The number of nitrogens with one attached hydrogen (secondary N) is 2. The molecule has 1 saturated carbocycles. The lowest BCUT2D eigenvalue weighted by molar-refractivity contribution is 0.134.